The van der Waals surface area contributed by atoms with E-state index in [2.05, 4.69) is 27.1 Å². The molecule has 2 heterocycles. The fourth-order valence-electron chi connectivity index (χ4n) is 1.55. The summed E-state index contributed by atoms with van der Waals surface area (Å²) in [5, 5.41) is 11.2. The number of nitrogens with zero attached hydrogens (tertiary/aromatic N) is 1. The molecule has 0 atom stereocenters. The monoisotopic (exact) mass is 283 g/mol. The van der Waals surface area contributed by atoms with Gasteiger partial charge in [-0.2, -0.15) is 0 Å². The third-order valence-corrected chi connectivity index (χ3v) is 2.46. The molecular formula is C15H13N3O3. The highest BCUT2D eigenvalue weighted by molar-refractivity contribution is 6.02. The first-order valence-corrected chi connectivity index (χ1v) is 6.26. The zero-order valence-corrected chi connectivity index (χ0v) is 11.1. The Labute approximate surface area is 120 Å². The van der Waals surface area contributed by atoms with Crippen LogP contribution in [0.15, 0.2) is 41.2 Å². The number of hydrogen-bond donors (Lipinski definition) is 3. The molecule has 0 bridgehead atoms. The van der Waals surface area contributed by atoms with Gasteiger partial charge >= 0.3 is 0 Å². The number of carbonyl (C=O) groups excluding carboxylic acids is 1. The van der Waals surface area contributed by atoms with Crippen LogP contribution in [0.3, 0.4) is 0 Å². The van der Waals surface area contributed by atoms with Crippen molar-refractivity contribution < 1.29 is 9.90 Å². The van der Waals surface area contributed by atoms with Crippen molar-refractivity contribution in [3.8, 4) is 11.8 Å². The SMILES string of the molecule is O=C(Nc1cccc(C#CCCO)n1)c1cccc(=O)[nH]1. The molecule has 6 heteroatoms. The zero-order chi connectivity index (χ0) is 15.1. The molecule has 106 valence electrons. The molecule has 6 nitrogen and oxygen atoms in total. The van der Waals surface area contributed by atoms with E-state index in [9.17, 15) is 9.59 Å². The van der Waals surface area contributed by atoms with E-state index in [1.54, 1.807) is 18.2 Å². The van der Waals surface area contributed by atoms with Gasteiger partial charge < -0.3 is 15.4 Å². The van der Waals surface area contributed by atoms with Crippen molar-refractivity contribution in [2.75, 3.05) is 11.9 Å². The Bertz CT molecular complexity index is 756. The van der Waals surface area contributed by atoms with E-state index < -0.39 is 5.91 Å². The maximum atomic E-state index is 11.9. The summed E-state index contributed by atoms with van der Waals surface area (Å²) in [6, 6.07) is 9.35. The van der Waals surface area contributed by atoms with Gasteiger partial charge in [-0.15, -0.1) is 0 Å². The zero-order valence-electron chi connectivity index (χ0n) is 11.1. The molecule has 0 fully saturated rings. The molecule has 0 spiro atoms. The van der Waals surface area contributed by atoms with Crippen molar-refractivity contribution in [3.05, 3.63) is 58.1 Å². The Balaban J connectivity index is 2.13. The normalized spacial score (nSPS) is 9.57. The van der Waals surface area contributed by atoms with E-state index in [1.807, 2.05) is 0 Å². The van der Waals surface area contributed by atoms with Crippen LogP contribution in [0.2, 0.25) is 0 Å². The number of aromatic nitrogens is 2. The minimum atomic E-state index is -0.458. The number of aliphatic hydroxyl groups excluding tert-OH is 1. The van der Waals surface area contributed by atoms with Crippen molar-refractivity contribution >= 4 is 11.7 Å². The third-order valence-electron chi connectivity index (χ3n) is 2.46. The summed E-state index contributed by atoms with van der Waals surface area (Å²) >= 11 is 0. The van der Waals surface area contributed by atoms with Gasteiger partial charge in [0.2, 0.25) is 5.56 Å². The highest BCUT2D eigenvalue weighted by Crippen LogP contribution is 2.05. The third kappa shape index (κ3) is 4.30. The average molecular weight is 283 g/mol. The summed E-state index contributed by atoms with van der Waals surface area (Å²) < 4.78 is 0. The molecule has 21 heavy (non-hydrogen) atoms. The molecule has 0 radical (unpaired) electrons. The molecule has 2 aromatic rings. The average Bonchev–Trinajstić information content (AvgIpc) is 2.48. The summed E-state index contributed by atoms with van der Waals surface area (Å²) in [7, 11) is 0. The lowest BCUT2D eigenvalue weighted by Gasteiger charge is -2.04. The van der Waals surface area contributed by atoms with E-state index in [0.29, 0.717) is 17.9 Å². The van der Waals surface area contributed by atoms with E-state index in [-0.39, 0.29) is 17.9 Å². The topological polar surface area (TPSA) is 95.1 Å². The van der Waals surface area contributed by atoms with E-state index in [0.717, 1.165) is 0 Å². The minimum absolute atomic E-state index is 0.00913. The number of aliphatic hydroxyl groups is 1. The molecule has 0 aliphatic rings. The highest BCUT2D eigenvalue weighted by atomic mass is 16.2. The molecule has 0 aliphatic heterocycles. The van der Waals surface area contributed by atoms with Crippen LogP contribution in [0.25, 0.3) is 0 Å². The van der Waals surface area contributed by atoms with Crippen LogP contribution in [0.5, 0.6) is 0 Å². The van der Waals surface area contributed by atoms with Gasteiger partial charge in [-0.25, -0.2) is 4.98 Å². The van der Waals surface area contributed by atoms with Gasteiger partial charge in [0.1, 0.15) is 17.2 Å². The smallest absolute Gasteiger partial charge is 0.273 e. The molecular weight excluding hydrogens is 270 g/mol. The number of amides is 1. The summed E-state index contributed by atoms with van der Waals surface area (Å²) in [6.45, 7) is -0.00913. The van der Waals surface area contributed by atoms with Crippen LogP contribution in [0, 0.1) is 11.8 Å². The number of H-pyrrole nitrogens is 1. The Morgan fingerprint density at radius 3 is 2.86 bits per heavy atom. The van der Waals surface area contributed by atoms with Gasteiger partial charge in [0, 0.05) is 12.5 Å². The second-order valence-electron chi connectivity index (χ2n) is 4.07. The minimum Gasteiger partial charge on any atom is -0.395 e. The van der Waals surface area contributed by atoms with E-state index in [4.69, 9.17) is 5.11 Å². The lowest BCUT2D eigenvalue weighted by atomic mass is 10.3. The van der Waals surface area contributed by atoms with Gasteiger partial charge in [-0.3, -0.25) is 9.59 Å². The summed E-state index contributed by atoms with van der Waals surface area (Å²) in [4.78, 5) is 29.7. The standard InChI is InChI=1S/C15H13N3O3/c19-10-2-1-5-11-6-3-8-13(16-11)18-15(21)12-7-4-9-14(20)17-12/h3-4,6-9,19H,2,10H2,(H,17,20)(H,16,18,21). The molecule has 1 amide bonds. The molecule has 2 aromatic heterocycles. The van der Waals surface area contributed by atoms with Crippen molar-refractivity contribution in [1.29, 1.82) is 0 Å². The summed E-state index contributed by atoms with van der Waals surface area (Å²) in [6.07, 6.45) is 0.365. The molecule has 0 saturated carbocycles. The van der Waals surface area contributed by atoms with Crippen LogP contribution < -0.4 is 10.9 Å². The highest BCUT2D eigenvalue weighted by Gasteiger charge is 2.07. The maximum Gasteiger partial charge on any atom is 0.273 e. The van der Waals surface area contributed by atoms with Crippen molar-refractivity contribution in [1.82, 2.24) is 9.97 Å². The fraction of sp³-hybridized carbons (Fsp3) is 0.133. The molecule has 2 rings (SSSR count). The van der Waals surface area contributed by atoms with E-state index >= 15 is 0 Å². The van der Waals surface area contributed by atoms with Crippen LogP contribution in [0.4, 0.5) is 5.82 Å². The Morgan fingerprint density at radius 1 is 1.29 bits per heavy atom. The van der Waals surface area contributed by atoms with Crippen molar-refractivity contribution in [3.63, 3.8) is 0 Å². The van der Waals surface area contributed by atoms with Crippen LogP contribution in [0.1, 0.15) is 22.6 Å². The van der Waals surface area contributed by atoms with Gasteiger partial charge in [-0.05, 0) is 24.1 Å². The number of rotatable bonds is 3. The maximum absolute atomic E-state index is 11.9. The first-order chi connectivity index (χ1) is 10.2. The predicted octanol–water partition coefficient (Wildman–Crippen LogP) is 0.756. The number of aromatic amines is 1. The summed E-state index contributed by atoms with van der Waals surface area (Å²) in [5.74, 6) is 5.40. The van der Waals surface area contributed by atoms with Crippen LogP contribution in [-0.2, 0) is 0 Å². The Hall–Kier alpha value is -2.91. The Kier molecular flexibility index (Phi) is 4.85. The second kappa shape index (κ2) is 7.03. The number of carbonyl (C=O) groups is 1. The quantitative estimate of drug-likeness (QED) is 0.725. The van der Waals surface area contributed by atoms with Crippen molar-refractivity contribution in [2.45, 2.75) is 6.42 Å². The van der Waals surface area contributed by atoms with E-state index in [1.165, 1.54) is 18.2 Å². The molecule has 0 saturated heterocycles. The molecule has 0 aromatic carbocycles. The first kappa shape index (κ1) is 14.5. The lowest BCUT2D eigenvalue weighted by Crippen LogP contribution is -2.18. The fourth-order valence-corrected chi connectivity index (χ4v) is 1.55. The second-order valence-corrected chi connectivity index (χ2v) is 4.07. The Morgan fingerprint density at radius 2 is 2.10 bits per heavy atom. The number of hydrogen-bond acceptors (Lipinski definition) is 4. The number of anilines is 1. The predicted molar refractivity (Wildman–Crippen MR) is 77.8 cm³/mol. The van der Waals surface area contributed by atoms with Crippen LogP contribution in [-0.4, -0.2) is 27.6 Å². The lowest BCUT2D eigenvalue weighted by molar-refractivity contribution is 0.102. The largest absolute Gasteiger partial charge is 0.395 e. The van der Waals surface area contributed by atoms with Crippen LogP contribution >= 0.6 is 0 Å². The summed E-state index contributed by atoms with van der Waals surface area (Å²) in [5.41, 5.74) is 0.295. The molecule has 0 unspecified atom stereocenters. The van der Waals surface area contributed by atoms with Gasteiger partial charge in [0.05, 0.1) is 6.61 Å². The van der Waals surface area contributed by atoms with Crippen molar-refractivity contribution in [2.24, 2.45) is 0 Å². The first-order valence-electron chi connectivity index (χ1n) is 6.26. The number of pyridine rings is 2. The van der Waals surface area contributed by atoms with Gasteiger partial charge in [0.25, 0.3) is 5.91 Å². The van der Waals surface area contributed by atoms with Gasteiger partial charge in [0.15, 0.2) is 0 Å². The number of nitrogens with one attached hydrogen (secondary N) is 2. The molecule has 0 aliphatic carbocycles. The molecule has 3 N–H and O–H groups in total. The van der Waals surface area contributed by atoms with Gasteiger partial charge in [-0.1, -0.05) is 18.1 Å².